The second kappa shape index (κ2) is 7.60. The van der Waals surface area contributed by atoms with Gasteiger partial charge in [-0.3, -0.25) is 4.79 Å². The molecule has 0 radical (unpaired) electrons. The van der Waals surface area contributed by atoms with E-state index in [4.69, 9.17) is 9.47 Å². The molecular formula is C12H18BrF3N2O3Si. The van der Waals surface area contributed by atoms with Crippen molar-refractivity contribution in [1.82, 2.24) is 9.78 Å². The van der Waals surface area contributed by atoms with Crippen molar-refractivity contribution in [1.29, 1.82) is 0 Å². The lowest BCUT2D eigenvalue weighted by Crippen LogP contribution is -2.32. The maximum Gasteiger partial charge on any atom is 0.425 e. The van der Waals surface area contributed by atoms with Crippen LogP contribution in [0.15, 0.2) is 11.0 Å². The number of nitrogens with zero attached hydrogens (tertiary/aromatic N) is 2. The summed E-state index contributed by atoms with van der Waals surface area (Å²) < 4.78 is 49.6. The van der Waals surface area contributed by atoms with Gasteiger partial charge in [0.25, 0.3) is 5.56 Å². The van der Waals surface area contributed by atoms with E-state index >= 15 is 0 Å². The Hall–Kier alpha value is -0.873. The van der Waals surface area contributed by atoms with Gasteiger partial charge in [0, 0.05) is 14.7 Å². The van der Waals surface area contributed by atoms with Gasteiger partial charge in [0.1, 0.15) is 12.2 Å². The highest BCUT2D eigenvalue weighted by Gasteiger charge is 2.39. The fourth-order valence-corrected chi connectivity index (χ4v) is 2.53. The van der Waals surface area contributed by atoms with Gasteiger partial charge < -0.3 is 9.47 Å². The molecule has 0 aliphatic heterocycles. The van der Waals surface area contributed by atoms with Gasteiger partial charge in [-0.05, 0) is 22.0 Å². The quantitative estimate of drug-likeness (QED) is 0.398. The largest absolute Gasteiger partial charge is 0.480 e. The molecule has 0 saturated heterocycles. The maximum absolute atomic E-state index is 13.0. The van der Waals surface area contributed by atoms with Crippen molar-refractivity contribution in [2.45, 2.75) is 38.6 Å². The van der Waals surface area contributed by atoms with Crippen LogP contribution in [0.25, 0.3) is 0 Å². The summed E-state index contributed by atoms with van der Waals surface area (Å²) in [5, 5.41) is 3.65. The number of hydrogen-bond acceptors (Lipinski definition) is 4. The minimum Gasteiger partial charge on any atom is -0.480 e. The monoisotopic (exact) mass is 402 g/mol. The molecule has 0 aromatic carbocycles. The number of hydrogen-bond donors (Lipinski definition) is 0. The first-order chi connectivity index (χ1) is 10.1. The first-order valence-electron chi connectivity index (χ1n) is 6.50. The molecule has 1 aromatic heterocycles. The lowest BCUT2D eigenvalue weighted by Gasteiger charge is -2.16. The molecule has 0 N–H and O–H groups in total. The minimum absolute atomic E-state index is 0.173. The van der Waals surface area contributed by atoms with E-state index in [-0.39, 0.29) is 12.2 Å². The zero-order chi connectivity index (χ0) is 17.0. The molecule has 1 heterocycles. The van der Waals surface area contributed by atoms with Gasteiger partial charge in [0.05, 0.1) is 6.20 Å². The Labute approximate surface area is 135 Å². The molecule has 0 aliphatic carbocycles. The van der Waals surface area contributed by atoms with Crippen LogP contribution in [0.1, 0.15) is 5.56 Å². The molecule has 0 aliphatic rings. The molecular weight excluding hydrogens is 385 g/mol. The molecule has 0 atom stereocenters. The van der Waals surface area contributed by atoms with Crippen LogP contribution >= 0.6 is 15.9 Å². The number of ether oxygens (including phenoxy) is 2. The summed E-state index contributed by atoms with van der Waals surface area (Å²) >= 11 is 2.85. The van der Waals surface area contributed by atoms with E-state index < -0.39 is 31.1 Å². The fraction of sp³-hybridized carbons (Fsp3) is 0.667. The Bertz CT molecular complexity index is 558. The lowest BCUT2D eigenvalue weighted by atomic mass is 10.2. The normalized spacial score (nSPS) is 12.5. The zero-order valence-electron chi connectivity index (χ0n) is 12.5. The van der Waals surface area contributed by atoms with E-state index in [9.17, 15) is 18.0 Å². The predicted octanol–water partition coefficient (Wildman–Crippen LogP) is 3.31. The molecule has 0 unspecified atom stereocenters. The van der Waals surface area contributed by atoms with Crippen LogP contribution in [0.2, 0.25) is 25.7 Å². The molecule has 0 fully saturated rings. The minimum atomic E-state index is -4.82. The van der Waals surface area contributed by atoms with Crippen LogP contribution in [0, 0.1) is 0 Å². The van der Waals surface area contributed by atoms with E-state index in [1.54, 1.807) is 0 Å². The molecule has 0 saturated carbocycles. The molecule has 1 rings (SSSR count). The van der Waals surface area contributed by atoms with Crippen molar-refractivity contribution in [2.24, 2.45) is 0 Å². The molecule has 0 bridgehead atoms. The van der Waals surface area contributed by atoms with Crippen LogP contribution in [-0.2, 0) is 17.6 Å². The van der Waals surface area contributed by atoms with Gasteiger partial charge in [-0.1, -0.05) is 19.6 Å². The Morgan fingerprint density at radius 1 is 1.36 bits per heavy atom. The van der Waals surface area contributed by atoms with Crippen molar-refractivity contribution in [2.75, 3.05) is 12.1 Å². The zero-order valence-corrected chi connectivity index (χ0v) is 15.1. The molecule has 22 heavy (non-hydrogen) atoms. The highest BCUT2D eigenvalue weighted by molar-refractivity contribution is 9.09. The summed E-state index contributed by atoms with van der Waals surface area (Å²) in [4.78, 5) is 11.9. The Morgan fingerprint density at radius 2 is 2.00 bits per heavy atom. The standard InChI is InChI=1S/C12H18BrF3N2O3Si/c1-22(2,3)5-4-20-8-18-11(19)10(12(14,15)16)9(6-17-18)21-7-13/h6H,4-5,7-8H2,1-3H3. The molecule has 0 amide bonds. The summed E-state index contributed by atoms with van der Waals surface area (Å²) in [5.74, 6) is -0.604. The van der Waals surface area contributed by atoms with Crippen molar-refractivity contribution < 1.29 is 22.6 Å². The van der Waals surface area contributed by atoms with Crippen molar-refractivity contribution in [3.8, 4) is 5.75 Å². The topological polar surface area (TPSA) is 53.4 Å². The summed E-state index contributed by atoms with van der Waals surface area (Å²) in [6.45, 7) is 6.50. The van der Waals surface area contributed by atoms with Crippen LogP contribution < -0.4 is 10.3 Å². The predicted molar refractivity (Wildman–Crippen MR) is 82.0 cm³/mol. The van der Waals surface area contributed by atoms with Crippen molar-refractivity contribution in [3.63, 3.8) is 0 Å². The number of halogens is 4. The fourth-order valence-electron chi connectivity index (χ4n) is 1.52. The Balaban J connectivity index is 2.92. The highest BCUT2D eigenvalue weighted by Crippen LogP contribution is 2.33. The van der Waals surface area contributed by atoms with Crippen LogP contribution in [0.3, 0.4) is 0 Å². The van der Waals surface area contributed by atoms with Gasteiger partial charge in [-0.2, -0.15) is 18.3 Å². The average molecular weight is 403 g/mol. The smallest absolute Gasteiger partial charge is 0.425 e. The second-order valence-corrected chi connectivity index (χ2v) is 11.9. The van der Waals surface area contributed by atoms with E-state index in [2.05, 4.69) is 40.7 Å². The SMILES string of the molecule is C[Si](C)(C)CCOCn1ncc(OCBr)c(C(F)(F)F)c1=O. The summed E-state index contributed by atoms with van der Waals surface area (Å²) in [6.07, 6.45) is -3.95. The molecule has 126 valence electrons. The van der Waals surface area contributed by atoms with E-state index in [1.807, 2.05) is 0 Å². The van der Waals surface area contributed by atoms with Gasteiger partial charge >= 0.3 is 6.18 Å². The summed E-state index contributed by atoms with van der Waals surface area (Å²) in [5.41, 5.74) is -2.83. The van der Waals surface area contributed by atoms with E-state index in [1.165, 1.54) is 0 Å². The van der Waals surface area contributed by atoms with Gasteiger partial charge in [-0.25, -0.2) is 4.68 Å². The Morgan fingerprint density at radius 3 is 2.50 bits per heavy atom. The van der Waals surface area contributed by atoms with Gasteiger partial charge in [-0.15, -0.1) is 0 Å². The number of alkyl halides is 4. The number of rotatable bonds is 7. The van der Waals surface area contributed by atoms with E-state index in [0.29, 0.717) is 11.3 Å². The first-order valence-corrected chi connectivity index (χ1v) is 11.3. The van der Waals surface area contributed by atoms with Crippen LogP contribution in [0.4, 0.5) is 13.2 Å². The van der Waals surface area contributed by atoms with Gasteiger partial charge in [0.2, 0.25) is 0 Å². The third kappa shape index (κ3) is 5.73. The maximum atomic E-state index is 13.0. The molecule has 1 aromatic rings. The van der Waals surface area contributed by atoms with Gasteiger partial charge in [0.15, 0.2) is 11.3 Å². The second-order valence-electron chi connectivity index (χ2n) is 5.79. The highest BCUT2D eigenvalue weighted by atomic mass is 79.9. The third-order valence-electron chi connectivity index (χ3n) is 2.71. The van der Waals surface area contributed by atoms with E-state index in [0.717, 1.165) is 12.2 Å². The lowest BCUT2D eigenvalue weighted by molar-refractivity contribution is -0.140. The third-order valence-corrected chi connectivity index (χ3v) is 4.65. The van der Waals surface area contributed by atoms with Crippen molar-refractivity contribution in [3.05, 3.63) is 22.1 Å². The molecule has 0 spiro atoms. The van der Waals surface area contributed by atoms with Crippen molar-refractivity contribution >= 4 is 24.0 Å². The average Bonchev–Trinajstić information content (AvgIpc) is 2.34. The number of aromatic nitrogens is 2. The van der Waals surface area contributed by atoms with Crippen LogP contribution in [0.5, 0.6) is 5.75 Å². The summed E-state index contributed by atoms with van der Waals surface area (Å²) in [7, 11) is -1.31. The Kier molecular flexibility index (Phi) is 6.62. The van der Waals surface area contributed by atoms with Crippen LogP contribution in [-0.4, -0.2) is 30.0 Å². The summed E-state index contributed by atoms with van der Waals surface area (Å²) in [6, 6.07) is 0.846. The molecule has 5 nitrogen and oxygen atoms in total. The first kappa shape index (κ1) is 19.2. The molecule has 10 heteroatoms.